The number of hydrogen-bond acceptors (Lipinski definition) is 5. The van der Waals surface area contributed by atoms with Gasteiger partial charge in [-0.15, -0.1) is 11.3 Å². The van der Waals surface area contributed by atoms with E-state index in [0.717, 1.165) is 10.6 Å². The largest absolute Gasteiger partial charge is 0.456 e. The molecule has 0 spiro atoms. The normalized spacial score (nSPS) is 11.0. The predicted molar refractivity (Wildman–Crippen MR) is 90.7 cm³/mol. The van der Waals surface area contributed by atoms with Crippen LogP contribution in [0.3, 0.4) is 0 Å². The number of nitrogens with zero attached hydrogens (tertiary/aromatic N) is 1. The topological polar surface area (TPSA) is 39.2 Å². The van der Waals surface area contributed by atoms with E-state index in [1.54, 1.807) is 23.5 Å². The highest BCUT2D eigenvalue weighted by molar-refractivity contribution is 7.14. The van der Waals surface area contributed by atoms with Crippen molar-refractivity contribution in [2.75, 3.05) is 0 Å². The Kier molecular flexibility index (Phi) is 4.95. The maximum Gasteiger partial charge on any atom is 0.331 e. The summed E-state index contributed by atoms with van der Waals surface area (Å²) in [5.74, 6) is -0.830. The van der Waals surface area contributed by atoms with Crippen molar-refractivity contribution in [1.82, 2.24) is 4.98 Å². The third-order valence-electron chi connectivity index (χ3n) is 2.94. The van der Waals surface area contributed by atoms with Crippen molar-refractivity contribution in [3.63, 3.8) is 0 Å². The fourth-order valence-electron chi connectivity index (χ4n) is 1.86. The second-order valence-electron chi connectivity index (χ2n) is 4.65. The quantitative estimate of drug-likeness (QED) is 0.494. The van der Waals surface area contributed by atoms with Crippen LogP contribution in [0.1, 0.15) is 11.3 Å². The molecule has 0 N–H and O–H groups in total. The van der Waals surface area contributed by atoms with Crippen molar-refractivity contribution in [2.24, 2.45) is 0 Å². The van der Waals surface area contributed by atoms with Crippen LogP contribution in [-0.2, 0) is 16.1 Å². The Balaban J connectivity index is 1.55. The lowest BCUT2D eigenvalue weighted by Gasteiger charge is -1.98. The molecule has 0 amide bonds. The number of esters is 1. The van der Waals surface area contributed by atoms with Gasteiger partial charge in [0.2, 0.25) is 0 Å². The number of rotatable bonds is 5. The third kappa shape index (κ3) is 4.34. The number of thiazole rings is 1. The zero-order valence-corrected chi connectivity index (χ0v) is 13.6. The molecule has 0 saturated heterocycles. The van der Waals surface area contributed by atoms with E-state index in [1.807, 2.05) is 22.2 Å². The Labute approximate surface area is 140 Å². The summed E-state index contributed by atoms with van der Waals surface area (Å²) in [6.45, 7) is 0.118. The number of hydrogen-bond donors (Lipinski definition) is 0. The first-order chi connectivity index (χ1) is 11.2. The van der Waals surface area contributed by atoms with Gasteiger partial charge in [0.15, 0.2) is 0 Å². The first kappa shape index (κ1) is 15.6. The molecule has 0 fully saturated rings. The zero-order chi connectivity index (χ0) is 16.1. The third-order valence-corrected chi connectivity index (χ3v) is 4.57. The predicted octanol–water partition coefficient (Wildman–Crippen LogP) is 4.77. The van der Waals surface area contributed by atoms with E-state index in [9.17, 15) is 9.18 Å². The van der Waals surface area contributed by atoms with E-state index in [-0.39, 0.29) is 12.4 Å². The van der Waals surface area contributed by atoms with Crippen LogP contribution in [0.4, 0.5) is 4.39 Å². The van der Waals surface area contributed by atoms with Crippen LogP contribution in [0.25, 0.3) is 16.6 Å². The monoisotopic (exact) mass is 345 g/mol. The van der Waals surface area contributed by atoms with E-state index in [4.69, 9.17) is 4.74 Å². The molecule has 0 aliphatic rings. The van der Waals surface area contributed by atoms with E-state index >= 15 is 0 Å². The van der Waals surface area contributed by atoms with Crippen molar-refractivity contribution >= 4 is 34.7 Å². The number of thiophene rings is 1. The standard InChI is InChI=1S/C17H12FNO2S2/c18-14-3-1-2-12(8-14)4-5-16(20)21-9-15-11-23-17(19-15)13-6-7-22-10-13/h1-8,10-11H,9H2/b5-4+. The van der Waals surface area contributed by atoms with Gasteiger partial charge in [0.05, 0.1) is 5.69 Å². The molecule has 6 heteroatoms. The average Bonchev–Trinajstić information content (AvgIpc) is 3.22. The first-order valence-corrected chi connectivity index (χ1v) is 8.60. The van der Waals surface area contributed by atoms with Crippen LogP contribution in [-0.4, -0.2) is 11.0 Å². The van der Waals surface area contributed by atoms with Gasteiger partial charge in [-0.05, 0) is 35.2 Å². The summed E-state index contributed by atoms with van der Waals surface area (Å²) in [6.07, 6.45) is 2.80. The molecule has 3 nitrogen and oxygen atoms in total. The van der Waals surface area contributed by atoms with Gasteiger partial charge in [-0.25, -0.2) is 14.2 Å². The molecular formula is C17H12FNO2S2. The van der Waals surface area contributed by atoms with Gasteiger partial charge in [0, 0.05) is 22.4 Å². The number of halogens is 1. The smallest absolute Gasteiger partial charge is 0.331 e. The Morgan fingerprint density at radius 1 is 1.30 bits per heavy atom. The lowest BCUT2D eigenvalue weighted by molar-refractivity contribution is -0.139. The van der Waals surface area contributed by atoms with E-state index in [1.165, 1.54) is 35.6 Å². The number of ether oxygens (including phenoxy) is 1. The van der Waals surface area contributed by atoms with Crippen LogP contribution < -0.4 is 0 Å². The van der Waals surface area contributed by atoms with Gasteiger partial charge >= 0.3 is 5.97 Å². The Hall–Kier alpha value is -2.31. The highest BCUT2D eigenvalue weighted by Gasteiger charge is 2.06. The van der Waals surface area contributed by atoms with Crippen LogP contribution >= 0.6 is 22.7 Å². The second-order valence-corrected chi connectivity index (χ2v) is 6.29. The van der Waals surface area contributed by atoms with Crippen LogP contribution in [0, 0.1) is 5.82 Å². The molecule has 2 aromatic heterocycles. The maximum absolute atomic E-state index is 13.0. The Bertz CT molecular complexity index is 825. The summed E-state index contributed by atoms with van der Waals surface area (Å²) in [6, 6.07) is 7.99. The minimum atomic E-state index is -0.487. The van der Waals surface area contributed by atoms with Gasteiger partial charge in [-0.3, -0.25) is 0 Å². The summed E-state index contributed by atoms with van der Waals surface area (Å²) in [7, 11) is 0. The van der Waals surface area contributed by atoms with Crippen molar-refractivity contribution in [2.45, 2.75) is 6.61 Å². The molecule has 23 heavy (non-hydrogen) atoms. The summed E-state index contributed by atoms with van der Waals surface area (Å²) in [5.41, 5.74) is 2.39. The lowest BCUT2D eigenvalue weighted by atomic mass is 10.2. The number of aromatic nitrogens is 1. The zero-order valence-electron chi connectivity index (χ0n) is 11.9. The minimum absolute atomic E-state index is 0.118. The summed E-state index contributed by atoms with van der Waals surface area (Å²) in [4.78, 5) is 16.1. The van der Waals surface area contributed by atoms with E-state index in [0.29, 0.717) is 11.3 Å². The van der Waals surface area contributed by atoms with Gasteiger partial charge in [-0.2, -0.15) is 11.3 Å². The molecule has 3 aromatic rings. The Morgan fingerprint density at radius 3 is 3.00 bits per heavy atom. The summed E-state index contributed by atoms with van der Waals surface area (Å²) >= 11 is 3.13. The molecule has 3 rings (SSSR count). The molecule has 1 aromatic carbocycles. The molecular weight excluding hydrogens is 333 g/mol. The molecule has 0 saturated carbocycles. The Morgan fingerprint density at radius 2 is 2.22 bits per heavy atom. The molecule has 0 unspecified atom stereocenters. The van der Waals surface area contributed by atoms with Crippen molar-refractivity contribution < 1.29 is 13.9 Å². The highest BCUT2D eigenvalue weighted by Crippen LogP contribution is 2.25. The first-order valence-electron chi connectivity index (χ1n) is 6.78. The fraction of sp³-hybridized carbons (Fsp3) is 0.0588. The second kappa shape index (κ2) is 7.30. The minimum Gasteiger partial charge on any atom is -0.456 e. The SMILES string of the molecule is O=C(/C=C/c1cccc(F)c1)OCc1csc(-c2ccsc2)n1. The van der Waals surface area contributed by atoms with Crippen LogP contribution in [0.5, 0.6) is 0 Å². The fourth-order valence-corrected chi connectivity index (χ4v) is 3.38. The number of carbonyl (C=O) groups is 1. The summed E-state index contributed by atoms with van der Waals surface area (Å²) in [5, 5.41) is 6.80. The van der Waals surface area contributed by atoms with Gasteiger partial charge in [-0.1, -0.05) is 12.1 Å². The lowest BCUT2D eigenvalue weighted by Crippen LogP contribution is -2.00. The molecule has 0 bridgehead atoms. The molecule has 0 aliphatic heterocycles. The maximum atomic E-state index is 13.0. The molecule has 0 atom stereocenters. The van der Waals surface area contributed by atoms with Crippen LogP contribution in [0.2, 0.25) is 0 Å². The molecule has 116 valence electrons. The van der Waals surface area contributed by atoms with Crippen LogP contribution in [0.15, 0.2) is 52.5 Å². The number of benzene rings is 1. The van der Waals surface area contributed by atoms with Crippen molar-refractivity contribution in [1.29, 1.82) is 0 Å². The average molecular weight is 345 g/mol. The van der Waals surface area contributed by atoms with Gasteiger partial charge in [0.1, 0.15) is 17.4 Å². The molecule has 0 radical (unpaired) electrons. The highest BCUT2D eigenvalue weighted by atomic mass is 32.1. The van der Waals surface area contributed by atoms with Gasteiger partial charge < -0.3 is 4.74 Å². The van der Waals surface area contributed by atoms with Gasteiger partial charge in [0.25, 0.3) is 0 Å². The van der Waals surface area contributed by atoms with E-state index in [2.05, 4.69) is 4.98 Å². The van der Waals surface area contributed by atoms with Crippen molar-refractivity contribution in [3.05, 3.63) is 69.6 Å². The summed E-state index contributed by atoms with van der Waals surface area (Å²) < 4.78 is 18.2. The van der Waals surface area contributed by atoms with E-state index < -0.39 is 5.97 Å². The molecule has 2 heterocycles. The van der Waals surface area contributed by atoms with Crippen molar-refractivity contribution in [3.8, 4) is 10.6 Å². The number of carbonyl (C=O) groups excluding carboxylic acids is 1. The molecule has 0 aliphatic carbocycles.